The molecule has 0 fully saturated rings. The molecule has 0 amide bonds. The van der Waals surface area contributed by atoms with Crippen LogP contribution in [0.25, 0.3) is 44.7 Å². The topological polar surface area (TPSA) is 8.81 Å². The van der Waals surface area contributed by atoms with Crippen molar-refractivity contribution in [2.24, 2.45) is 0 Å². The highest BCUT2D eigenvalue weighted by atomic mass is 19.1. The first-order valence-corrected chi connectivity index (χ1v) is 10.1. The summed E-state index contributed by atoms with van der Waals surface area (Å²) in [6, 6.07) is 25.9. The molecule has 30 heavy (non-hydrogen) atoms. The molecule has 144 valence electrons. The van der Waals surface area contributed by atoms with Gasteiger partial charge >= 0.3 is 0 Å². The summed E-state index contributed by atoms with van der Waals surface area (Å²) in [7, 11) is 0. The molecule has 2 heterocycles. The molecule has 0 aliphatic carbocycles. The van der Waals surface area contributed by atoms with Crippen LogP contribution in [0, 0.1) is 26.0 Å². The Bertz CT molecular complexity index is 1460. The van der Waals surface area contributed by atoms with E-state index in [0.717, 1.165) is 44.7 Å². The molecule has 0 spiro atoms. The van der Waals surface area contributed by atoms with Crippen molar-refractivity contribution in [3.8, 4) is 33.6 Å². The summed E-state index contributed by atoms with van der Waals surface area (Å²) in [5, 5.41) is 0. The highest BCUT2D eigenvalue weighted by Crippen LogP contribution is 2.40. The van der Waals surface area contributed by atoms with Gasteiger partial charge in [0.15, 0.2) is 0 Å². The Kier molecular flexibility index (Phi) is 3.51. The van der Waals surface area contributed by atoms with Gasteiger partial charge in [-0.3, -0.25) is 9.13 Å². The molecule has 1 aliphatic rings. The van der Waals surface area contributed by atoms with Crippen molar-refractivity contribution in [3.05, 3.63) is 102 Å². The van der Waals surface area contributed by atoms with Gasteiger partial charge in [0.2, 0.25) is 0 Å². The summed E-state index contributed by atoms with van der Waals surface area (Å²) in [5.74, 6) is -0.236. The number of hydrogen-bond acceptors (Lipinski definition) is 0. The number of hydrogen-bond donors (Lipinski definition) is 0. The first-order chi connectivity index (χ1) is 14.6. The monoisotopic (exact) mass is 390 g/mol. The first-order valence-electron chi connectivity index (χ1n) is 10.1. The van der Waals surface area contributed by atoms with E-state index in [9.17, 15) is 4.39 Å². The Morgan fingerprint density at radius 3 is 2.17 bits per heavy atom. The summed E-state index contributed by atoms with van der Waals surface area (Å²) >= 11 is 0. The van der Waals surface area contributed by atoms with Crippen molar-refractivity contribution in [2.45, 2.75) is 13.8 Å². The van der Waals surface area contributed by atoms with Crippen LogP contribution in [-0.2, 0) is 0 Å². The van der Waals surface area contributed by atoms with Gasteiger partial charge in [0.05, 0.1) is 22.4 Å². The van der Waals surface area contributed by atoms with E-state index in [2.05, 4.69) is 77.8 Å². The molecule has 0 atom stereocenters. The van der Waals surface area contributed by atoms with E-state index in [0.29, 0.717) is 0 Å². The molecule has 6 rings (SSSR count). The number of imidazole rings is 1. The number of benzene rings is 4. The Morgan fingerprint density at radius 1 is 0.733 bits per heavy atom. The zero-order valence-corrected chi connectivity index (χ0v) is 16.8. The average Bonchev–Trinajstić information content (AvgIpc) is 3.08. The van der Waals surface area contributed by atoms with Gasteiger partial charge in [-0.1, -0.05) is 60.7 Å². The van der Waals surface area contributed by atoms with Crippen molar-refractivity contribution in [2.75, 3.05) is 0 Å². The second-order valence-corrected chi connectivity index (χ2v) is 7.89. The number of fused-ring (bicyclic) bond motifs is 5. The van der Waals surface area contributed by atoms with Crippen LogP contribution < -0.4 is 4.57 Å². The van der Waals surface area contributed by atoms with E-state index in [1.807, 2.05) is 18.2 Å². The molecule has 0 saturated heterocycles. The molecule has 5 aromatic rings. The van der Waals surface area contributed by atoms with Gasteiger partial charge in [-0.15, -0.1) is 0 Å². The fourth-order valence-corrected chi connectivity index (χ4v) is 4.74. The van der Waals surface area contributed by atoms with Crippen molar-refractivity contribution >= 4 is 11.0 Å². The minimum atomic E-state index is -0.236. The van der Waals surface area contributed by atoms with Gasteiger partial charge in [0.25, 0.3) is 6.33 Å². The van der Waals surface area contributed by atoms with Crippen molar-refractivity contribution in [1.82, 2.24) is 4.57 Å². The van der Waals surface area contributed by atoms with Crippen LogP contribution in [0.5, 0.6) is 0 Å². The molecule has 0 bridgehead atoms. The lowest BCUT2D eigenvalue weighted by atomic mass is 9.94. The maximum Gasteiger partial charge on any atom is 0.269 e. The van der Waals surface area contributed by atoms with Crippen LogP contribution in [0.3, 0.4) is 0 Å². The minimum Gasteiger partial charge on any atom is -0.291 e. The summed E-state index contributed by atoms with van der Waals surface area (Å²) in [4.78, 5) is 0. The predicted octanol–water partition coefficient (Wildman–Crippen LogP) is 6.11. The fraction of sp³-hybridized carbons (Fsp3) is 0.0741. The number of para-hydroxylation sites is 2. The lowest BCUT2D eigenvalue weighted by Gasteiger charge is -2.13. The maximum absolute atomic E-state index is 14.3. The molecule has 1 aliphatic heterocycles. The van der Waals surface area contributed by atoms with Gasteiger partial charge in [-0.05, 0) is 65.4 Å². The Morgan fingerprint density at radius 2 is 1.40 bits per heavy atom. The minimum absolute atomic E-state index is 0.236. The number of aryl methyl sites for hydroxylation is 2. The van der Waals surface area contributed by atoms with Crippen LogP contribution in [0.1, 0.15) is 11.1 Å². The molecule has 0 N–H and O–H groups in total. The smallest absolute Gasteiger partial charge is 0.269 e. The summed E-state index contributed by atoms with van der Waals surface area (Å²) in [6.45, 7) is 4.25. The van der Waals surface area contributed by atoms with E-state index in [4.69, 9.17) is 0 Å². The highest BCUT2D eigenvalue weighted by molar-refractivity contribution is 5.98. The predicted molar refractivity (Wildman–Crippen MR) is 118 cm³/mol. The third-order valence-corrected chi connectivity index (χ3v) is 6.05. The Hall–Kier alpha value is -3.72. The standard InChI is InChI=1S/C27H19FN2/c1-17-7-5-8-18(2)26(17)30-16-29-24-14-13-19(28)15-23(24)21-10-4-3-9-20(21)22-11-6-12-25(30)27(22)29/h3-15H,1-2H3. The van der Waals surface area contributed by atoms with Crippen LogP contribution in [-0.4, -0.2) is 4.57 Å². The second-order valence-electron chi connectivity index (χ2n) is 7.89. The Balaban J connectivity index is 1.82. The van der Waals surface area contributed by atoms with E-state index in [-0.39, 0.29) is 5.82 Å². The third-order valence-electron chi connectivity index (χ3n) is 6.05. The average molecular weight is 390 g/mol. The molecular weight excluding hydrogens is 371 g/mol. The summed E-state index contributed by atoms with van der Waals surface area (Å²) in [6.07, 6.45) is 3.59. The molecule has 0 unspecified atom stereocenters. The van der Waals surface area contributed by atoms with E-state index in [1.54, 1.807) is 6.07 Å². The van der Waals surface area contributed by atoms with Gasteiger partial charge in [0.1, 0.15) is 5.82 Å². The van der Waals surface area contributed by atoms with Gasteiger partial charge in [0, 0.05) is 0 Å². The molecule has 3 heteroatoms. The normalized spacial score (nSPS) is 11.8. The third kappa shape index (κ3) is 2.26. The van der Waals surface area contributed by atoms with Crippen LogP contribution in [0.15, 0.2) is 78.9 Å². The molecular formula is C27H19FN2. The maximum atomic E-state index is 14.3. The second kappa shape index (κ2) is 6.14. The zero-order valence-electron chi connectivity index (χ0n) is 16.8. The SMILES string of the molecule is Cc1cccc(C)c1-n1[c-][n+]2c3c(cccc31)-c1ccccc1-c1cc(F)ccc1-2. The summed E-state index contributed by atoms with van der Waals surface area (Å²) in [5.41, 5.74) is 10.8. The molecule has 4 aromatic carbocycles. The highest BCUT2D eigenvalue weighted by Gasteiger charge is 2.24. The van der Waals surface area contributed by atoms with Crippen molar-refractivity contribution in [1.29, 1.82) is 0 Å². The van der Waals surface area contributed by atoms with Crippen molar-refractivity contribution < 1.29 is 8.96 Å². The molecule has 1 aromatic heterocycles. The van der Waals surface area contributed by atoms with Gasteiger partial charge < -0.3 is 0 Å². The number of nitrogens with zero attached hydrogens (tertiary/aromatic N) is 2. The number of halogens is 1. The largest absolute Gasteiger partial charge is 0.291 e. The number of aromatic nitrogens is 2. The first kappa shape index (κ1) is 17.2. The van der Waals surface area contributed by atoms with Crippen LogP contribution in [0.2, 0.25) is 0 Å². The Labute approximate surface area is 174 Å². The van der Waals surface area contributed by atoms with Crippen LogP contribution in [0.4, 0.5) is 4.39 Å². The van der Waals surface area contributed by atoms with Crippen molar-refractivity contribution in [3.63, 3.8) is 0 Å². The lowest BCUT2D eigenvalue weighted by Crippen LogP contribution is -2.30. The molecule has 0 saturated carbocycles. The molecule has 2 nitrogen and oxygen atoms in total. The van der Waals surface area contributed by atoms with Gasteiger partial charge in [-0.25, -0.2) is 4.39 Å². The quantitative estimate of drug-likeness (QED) is 0.237. The summed E-state index contributed by atoms with van der Waals surface area (Å²) < 4.78 is 18.5. The van der Waals surface area contributed by atoms with E-state index < -0.39 is 0 Å². The zero-order chi connectivity index (χ0) is 20.4. The van der Waals surface area contributed by atoms with Gasteiger partial charge in [-0.2, -0.15) is 0 Å². The van der Waals surface area contributed by atoms with E-state index in [1.165, 1.54) is 17.2 Å². The lowest BCUT2D eigenvalue weighted by molar-refractivity contribution is -0.571. The molecule has 0 radical (unpaired) electrons. The van der Waals surface area contributed by atoms with Crippen LogP contribution >= 0.6 is 0 Å². The number of rotatable bonds is 1. The fourth-order valence-electron chi connectivity index (χ4n) is 4.74. The van der Waals surface area contributed by atoms with E-state index >= 15 is 0 Å².